The minimum atomic E-state index is -3.24. The maximum atomic E-state index is 6.49. The first-order chi connectivity index (χ1) is 41.7. The Balaban J connectivity index is 0.905. The molecule has 0 saturated carbocycles. The highest BCUT2D eigenvalue weighted by atomic mass is 28.3. The van der Waals surface area contributed by atoms with E-state index in [0.717, 1.165) is 99.8 Å². The van der Waals surface area contributed by atoms with Crippen LogP contribution in [0.15, 0.2) is 306 Å². The monoisotopic (exact) mass is 1090 g/mol. The summed E-state index contributed by atoms with van der Waals surface area (Å²) in [5, 5.41) is 14.6. The molecule has 4 aromatic heterocycles. The van der Waals surface area contributed by atoms with Gasteiger partial charge < -0.3 is 22.9 Å². The van der Waals surface area contributed by atoms with Crippen molar-refractivity contribution in [3.63, 3.8) is 0 Å². The summed E-state index contributed by atoms with van der Waals surface area (Å²) in [6, 6.07) is 110. The SMILES string of the molecule is c1ccc(N2c3cc(-n4c5ccccc5c5c(-c6cccc7oc8ccccc8c67)cccc54)ccc3[Si](c3ccccc3)(c3ccccc3)c3cc(-n4c5ccccc5c5c(-c6cccc7oc8ccccc8c67)cccc54)ccc32)cc1. The number of hydrogen-bond acceptors (Lipinski definition) is 3. The van der Waals surface area contributed by atoms with E-state index in [1.165, 1.54) is 59.1 Å². The second kappa shape index (κ2) is 18.0. The van der Waals surface area contributed by atoms with Gasteiger partial charge in [0.25, 0.3) is 0 Å². The van der Waals surface area contributed by atoms with E-state index in [2.05, 4.69) is 299 Å². The van der Waals surface area contributed by atoms with Crippen LogP contribution in [0, 0.1) is 0 Å². The van der Waals surface area contributed by atoms with Crippen molar-refractivity contribution >= 4 is 133 Å². The first-order valence-electron chi connectivity index (χ1n) is 28.8. The summed E-state index contributed by atoms with van der Waals surface area (Å²) >= 11 is 0. The molecule has 0 radical (unpaired) electrons. The average Bonchev–Trinajstić information content (AvgIpc) is 2.33. The van der Waals surface area contributed by atoms with Crippen LogP contribution in [-0.4, -0.2) is 17.2 Å². The number of aromatic nitrogens is 2. The van der Waals surface area contributed by atoms with Gasteiger partial charge >= 0.3 is 0 Å². The van der Waals surface area contributed by atoms with Gasteiger partial charge in [-0.15, -0.1) is 0 Å². The minimum Gasteiger partial charge on any atom is -0.456 e. The highest BCUT2D eigenvalue weighted by Crippen LogP contribution is 2.47. The van der Waals surface area contributed by atoms with Gasteiger partial charge in [-0.05, 0) is 134 Å². The highest BCUT2D eigenvalue weighted by molar-refractivity contribution is 7.21. The molecule has 0 unspecified atom stereocenters. The zero-order valence-corrected chi connectivity index (χ0v) is 46.4. The summed E-state index contributed by atoms with van der Waals surface area (Å²) in [6.07, 6.45) is 0. The van der Waals surface area contributed by atoms with Crippen molar-refractivity contribution < 1.29 is 8.83 Å². The topological polar surface area (TPSA) is 39.4 Å². The van der Waals surface area contributed by atoms with Crippen LogP contribution in [0.2, 0.25) is 0 Å². The molecule has 0 spiro atoms. The maximum Gasteiger partial charge on any atom is 0.184 e. The van der Waals surface area contributed by atoms with Gasteiger partial charge in [-0.25, -0.2) is 0 Å². The minimum absolute atomic E-state index is 0.889. The van der Waals surface area contributed by atoms with Crippen molar-refractivity contribution in [2.24, 2.45) is 0 Å². The molecule has 0 bridgehead atoms. The van der Waals surface area contributed by atoms with Crippen LogP contribution in [0.1, 0.15) is 0 Å². The fourth-order valence-electron chi connectivity index (χ4n) is 14.7. The van der Waals surface area contributed by atoms with Crippen LogP contribution in [-0.2, 0) is 0 Å². The Bertz CT molecular complexity index is 5480. The average molecular weight is 1090 g/mol. The third kappa shape index (κ3) is 6.54. The van der Waals surface area contributed by atoms with Gasteiger partial charge in [0, 0.05) is 71.5 Å². The van der Waals surface area contributed by atoms with Gasteiger partial charge in [-0.1, -0.05) is 206 Å². The van der Waals surface area contributed by atoms with Gasteiger partial charge in [0.1, 0.15) is 22.3 Å². The van der Waals surface area contributed by atoms with Crippen LogP contribution in [0.25, 0.3) is 121 Å². The summed E-state index contributed by atoms with van der Waals surface area (Å²) in [7, 11) is -3.24. The zero-order valence-electron chi connectivity index (χ0n) is 45.4. The molecule has 1 aliphatic heterocycles. The number of nitrogens with zero attached hydrogens (tertiary/aromatic N) is 3. The molecule has 84 heavy (non-hydrogen) atoms. The number of fused-ring (bicyclic) bond motifs is 14. The number of benzene rings is 13. The van der Waals surface area contributed by atoms with Gasteiger partial charge in [0.05, 0.1) is 22.1 Å². The van der Waals surface area contributed by atoms with E-state index in [9.17, 15) is 0 Å². The van der Waals surface area contributed by atoms with Crippen LogP contribution in [0.3, 0.4) is 0 Å². The van der Waals surface area contributed by atoms with Crippen molar-refractivity contribution in [2.75, 3.05) is 4.90 Å². The molecule has 17 aromatic rings. The third-order valence-corrected chi connectivity index (χ3v) is 22.8. The van der Waals surface area contributed by atoms with Crippen molar-refractivity contribution in [3.8, 4) is 33.6 Å². The van der Waals surface area contributed by atoms with Crippen LogP contribution in [0.4, 0.5) is 17.1 Å². The molecule has 13 aromatic carbocycles. The Morgan fingerprint density at radius 1 is 0.250 bits per heavy atom. The van der Waals surface area contributed by atoms with Gasteiger partial charge in [0.15, 0.2) is 8.07 Å². The first-order valence-corrected chi connectivity index (χ1v) is 30.8. The first kappa shape index (κ1) is 46.8. The molecular formula is C78H49N3O2Si. The van der Waals surface area contributed by atoms with Crippen molar-refractivity contribution in [1.29, 1.82) is 0 Å². The lowest BCUT2D eigenvalue weighted by molar-refractivity contribution is 0.668. The van der Waals surface area contributed by atoms with E-state index in [1.807, 2.05) is 12.1 Å². The summed E-state index contributed by atoms with van der Waals surface area (Å²) in [5.41, 5.74) is 18.5. The van der Waals surface area contributed by atoms with Crippen LogP contribution < -0.4 is 25.6 Å². The normalized spacial score (nSPS) is 13.1. The zero-order chi connectivity index (χ0) is 55.0. The molecule has 0 saturated heterocycles. The predicted molar refractivity (Wildman–Crippen MR) is 352 cm³/mol. The Morgan fingerprint density at radius 3 is 1.19 bits per heavy atom. The van der Waals surface area contributed by atoms with E-state index in [1.54, 1.807) is 0 Å². The van der Waals surface area contributed by atoms with Crippen molar-refractivity contribution in [1.82, 2.24) is 9.13 Å². The van der Waals surface area contributed by atoms with Gasteiger partial charge in [0.2, 0.25) is 0 Å². The van der Waals surface area contributed by atoms with E-state index in [0.29, 0.717) is 0 Å². The quantitative estimate of drug-likeness (QED) is 0.149. The predicted octanol–water partition coefficient (Wildman–Crippen LogP) is 18.2. The number of hydrogen-bond donors (Lipinski definition) is 0. The standard InChI is InChI=1S/C78H49N3O2Si/c1-4-22-50(23-5-1)79-65-46-44-52(81-64-37-15-11-29-60(64)76-56(33-19-39-67(76)81)58-35-21-43-72-78(58)62-31-13-17-41-70(62)83-72)49-74(65)84(53-24-6-2-7-25-53,54-26-8-3-9-27-54)73-47-45-51(48-68(73)79)80-63-36-14-10-28-59(63)75-55(32-18-38-66(75)80)57-34-20-42-71-77(57)61-30-12-16-40-69(61)82-71/h1-49H. The molecule has 0 amide bonds. The number of para-hydroxylation sites is 5. The number of rotatable bonds is 7. The largest absolute Gasteiger partial charge is 0.456 e. The van der Waals surface area contributed by atoms with Crippen LogP contribution in [0.5, 0.6) is 0 Å². The number of anilines is 3. The summed E-state index contributed by atoms with van der Waals surface area (Å²) < 4.78 is 18.0. The lowest BCUT2D eigenvalue weighted by Gasteiger charge is -2.45. The lowest BCUT2D eigenvalue weighted by Crippen LogP contribution is -2.77. The number of furan rings is 2. The Kier molecular flexibility index (Phi) is 10.0. The summed E-state index contributed by atoms with van der Waals surface area (Å²) in [6.45, 7) is 0. The second-order valence-corrected chi connectivity index (χ2v) is 25.9. The summed E-state index contributed by atoms with van der Waals surface area (Å²) in [5.74, 6) is 0. The fraction of sp³-hybridized carbons (Fsp3) is 0. The van der Waals surface area contributed by atoms with Crippen molar-refractivity contribution in [2.45, 2.75) is 0 Å². The molecule has 5 heterocycles. The highest BCUT2D eigenvalue weighted by Gasteiger charge is 2.49. The fourth-order valence-corrected chi connectivity index (χ4v) is 19.8. The molecule has 0 atom stereocenters. The third-order valence-electron chi connectivity index (χ3n) is 18.0. The Hall–Kier alpha value is -10.9. The lowest BCUT2D eigenvalue weighted by atomic mass is 9.95. The molecule has 1 aliphatic rings. The maximum absolute atomic E-state index is 6.49. The van der Waals surface area contributed by atoms with E-state index in [4.69, 9.17) is 8.83 Å². The molecule has 392 valence electrons. The molecule has 0 aliphatic carbocycles. The molecule has 0 N–H and O–H groups in total. The molecule has 0 fully saturated rings. The summed E-state index contributed by atoms with van der Waals surface area (Å²) in [4.78, 5) is 2.54. The Labute approximate surface area is 484 Å². The molecular weight excluding hydrogens is 1040 g/mol. The van der Waals surface area contributed by atoms with E-state index < -0.39 is 8.07 Å². The van der Waals surface area contributed by atoms with E-state index in [-0.39, 0.29) is 0 Å². The molecule has 5 nitrogen and oxygen atoms in total. The second-order valence-electron chi connectivity index (χ2n) is 22.2. The van der Waals surface area contributed by atoms with E-state index >= 15 is 0 Å². The van der Waals surface area contributed by atoms with Gasteiger partial charge in [-0.2, -0.15) is 0 Å². The smallest absolute Gasteiger partial charge is 0.184 e. The van der Waals surface area contributed by atoms with Crippen LogP contribution >= 0.6 is 0 Å². The van der Waals surface area contributed by atoms with Gasteiger partial charge in [-0.3, -0.25) is 0 Å². The molecule has 6 heteroatoms. The molecule has 18 rings (SSSR count). The Morgan fingerprint density at radius 2 is 0.655 bits per heavy atom. The van der Waals surface area contributed by atoms with Crippen molar-refractivity contribution in [3.05, 3.63) is 297 Å².